The fraction of sp³-hybridized carbons (Fsp3) is 0.444. The Morgan fingerprint density at radius 3 is 2.74 bits per heavy atom. The van der Waals surface area contributed by atoms with E-state index < -0.39 is 0 Å². The van der Waals surface area contributed by atoms with Crippen molar-refractivity contribution in [2.24, 2.45) is 5.92 Å². The maximum atomic E-state index is 13.2. The lowest BCUT2D eigenvalue weighted by molar-refractivity contribution is 0.0633. The largest absolute Gasteiger partial charge is 0.351 e. The third-order valence-electron chi connectivity index (χ3n) is 7.30. The van der Waals surface area contributed by atoms with Gasteiger partial charge in [-0.15, -0.1) is 0 Å². The Labute approximate surface area is 185 Å². The number of para-hydroxylation sites is 1. The number of rotatable bonds is 5. The third-order valence-corrected chi connectivity index (χ3v) is 7.30. The molecule has 0 spiro atoms. The normalized spacial score (nSPS) is 21.7. The molecule has 1 saturated heterocycles. The fourth-order valence-corrected chi connectivity index (χ4v) is 5.59. The van der Waals surface area contributed by atoms with E-state index in [2.05, 4.69) is 47.1 Å². The molecule has 4 nitrogen and oxygen atoms in total. The van der Waals surface area contributed by atoms with Crippen molar-refractivity contribution < 1.29 is 4.79 Å². The highest BCUT2D eigenvalue weighted by Crippen LogP contribution is 2.28. The summed E-state index contributed by atoms with van der Waals surface area (Å²) >= 11 is 0. The average Bonchev–Trinajstić information content (AvgIpc) is 3.26. The molecule has 1 aliphatic carbocycles. The second-order valence-corrected chi connectivity index (χ2v) is 9.28. The molecule has 2 aromatic carbocycles. The van der Waals surface area contributed by atoms with E-state index in [9.17, 15) is 4.79 Å². The maximum Gasteiger partial charge on any atom is 0.270 e. The fourth-order valence-electron chi connectivity index (χ4n) is 5.59. The molecule has 1 aliphatic heterocycles. The quantitative estimate of drug-likeness (QED) is 0.644. The molecular weight excluding hydrogens is 382 g/mol. The first kappa shape index (κ1) is 20.3. The van der Waals surface area contributed by atoms with Gasteiger partial charge in [-0.25, -0.2) is 0 Å². The highest BCUT2D eigenvalue weighted by molar-refractivity contribution is 5.98. The molecule has 31 heavy (non-hydrogen) atoms. The van der Waals surface area contributed by atoms with Crippen LogP contribution in [0.1, 0.15) is 47.8 Å². The molecule has 1 fully saturated rings. The predicted molar refractivity (Wildman–Crippen MR) is 126 cm³/mol. The minimum atomic E-state index is 0.127. The standard InChI is InChI=1S/C27H33N3O/c1-2-29(27(31)26-17-23-11-5-6-12-25(23)28-26)18-20-8-7-15-30(19-20)24-14-13-21-9-3-4-10-22(21)16-24/h3-6,9-12,17,20,24,28H,2,7-8,13-16,18-19H2,1H3. The molecule has 1 amide bonds. The van der Waals surface area contributed by atoms with E-state index in [1.54, 1.807) is 0 Å². The number of nitrogens with zero attached hydrogens (tertiary/aromatic N) is 2. The van der Waals surface area contributed by atoms with Crippen LogP contribution >= 0.6 is 0 Å². The number of hydrogen-bond acceptors (Lipinski definition) is 2. The highest BCUT2D eigenvalue weighted by Gasteiger charge is 2.30. The summed E-state index contributed by atoms with van der Waals surface area (Å²) in [7, 11) is 0. The van der Waals surface area contributed by atoms with Crippen LogP contribution < -0.4 is 0 Å². The van der Waals surface area contributed by atoms with Gasteiger partial charge in [-0.1, -0.05) is 42.5 Å². The number of H-pyrrole nitrogens is 1. The Morgan fingerprint density at radius 1 is 1.10 bits per heavy atom. The van der Waals surface area contributed by atoms with Crippen molar-refractivity contribution in [3.8, 4) is 0 Å². The van der Waals surface area contributed by atoms with E-state index in [0.29, 0.717) is 17.7 Å². The van der Waals surface area contributed by atoms with Gasteiger partial charge < -0.3 is 9.88 Å². The van der Waals surface area contributed by atoms with Crippen molar-refractivity contribution in [2.75, 3.05) is 26.2 Å². The molecule has 2 unspecified atom stereocenters. The molecule has 162 valence electrons. The zero-order chi connectivity index (χ0) is 21.2. The van der Waals surface area contributed by atoms with Crippen LogP contribution in [0, 0.1) is 5.92 Å². The molecule has 2 heterocycles. The van der Waals surface area contributed by atoms with Gasteiger partial charge in [0.15, 0.2) is 0 Å². The highest BCUT2D eigenvalue weighted by atomic mass is 16.2. The van der Waals surface area contributed by atoms with E-state index in [4.69, 9.17) is 0 Å². The topological polar surface area (TPSA) is 39.3 Å². The van der Waals surface area contributed by atoms with Crippen molar-refractivity contribution in [2.45, 2.75) is 45.1 Å². The van der Waals surface area contributed by atoms with E-state index in [-0.39, 0.29) is 5.91 Å². The van der Waals surface area contributed by atoms with Crippen molar-refractivity contribution >= 4 is 16.8 Å². The molecule has 5 rings (SSSR count). The number of aryl methyl sites for hydroxylation is 1. The summed E-state index contributed by atoms with van der Waals surface area (Å²) in [5, 5.41) is 1.10. The molecular formula is C27H33N3O. The van der Waals surface area contributed by atoms with Gasteiger partial charge in [0, 0.05) is 36.6 Å². The molecule has 0 radical (unpaired) electrons. The van der Waals surface area contributed by atoms with Crippen LogP contribution in [0.15, 0.2) is 54.6 Å². The maximum absolute atomic E-state index is 13.2. The first-order valence-electron chi connectivity index (χ1n) is 11.9. The number of hydrogen-bond donors (Lipinski definition) is 1. The van der Waals surface area contributed by atoms with Crippen molar-refractivity contribution in [1.82, 2.24) is 14.8 Å². The van der Waals surface area contributed by atoms with Gasteiger partial charge in [0.2, 0.25) is 0 Å². The summed E-state index contributed by atoms with van der Waals surface area (Å²) in [6.45, 7) is 6.01. The number of carbonyl (C=O) groups is 1. The third kappa shape index (κ3) is 4.27. The Kier molecular flexibility index (Phi) is 5.82. The van der Waals surface area contributed by atoms with Gasteiger partial charge in [-0.3, -0.25) is 9.69 Å². The van der Waals surface area contributed by atoms with Crippen LogP contribution in [0.2, 0.25) is 0 Å². The van der Waals surface area contributed by atoms with Crippen LogP contribution in [-0.2, 0) is 12.8 Å². The lowest BCUT2D eigenvalue weighted by Gasteiger charge is -2.41. The SMILES string of the molecule is CCN(CC1CCCN(C2CCc3ccccc3C2)C1)C(=O)c1cc2ccccc2[nH]1. The summed E-state index contributed by atoms with van der Waals surface area (Å²) in [6, 6.07) is 19.7. The monoisotopic (exact) mass is 415 g/mol. The molecule has 2 aliphatic rings. The van der Waals surface area contributed by atoms with Gasteiger partial charge >= 0.3 is 0 Å². The minimum Gasteiger partial charge on any atom is -0.351 e. The second kappa shape index (κ2) is 8.88. The predicted octanol–water partition coefficient (Wildman–Crippen LogP) is 4.90. The van der Waals surface area contributed by atoms with Crippen molar-refractivity contribution in [3.05, 3.63) is 71.4 Å². The van der Waals surface area contributed by atoms with Crippen LogP contribution in [0.3, 0.4) is 0 Å². The number of aromatic amines is 1. The van der Waals surface area contributed by atoms with Crippen molar-refractivity contribution in [3.63, 3.8) is 0 Å². The molecule has 0 saturated carbocycles. The number of aromatic nitrogens is 1. The molecule has 1 aromatic heterocycles. The molecule has 2 atom stereocenters. The van der Waals surface area contributed by atoms with E-state index >= 15 is 0 Å². The summed E-state index contributed by atoms with van der Waals surface area (Å²) in [5.74, 6) is 0.682. The van der Waals surface area contributed by atoms with Gasteiger partial charge in [0.1, 0.15) is 5.69 Å². The summed E-state index contributed by atoms with van der Waals surface area (Å²) in [6.07, 6.45) is 6.09. The number of piperidine rings is 1. The minimum absolute atomic E-state index is 0.127. The molecule has 0 bridgehead atoms. The van der Waals surface area contributed by atoms with Gasteiger partial charge in [-0.2, -0.15) is 0 Å². The number of benzene rings is 2. The molecule has 3 aromatic rings. The van der Waals surface area contributed by atoms with Crippen LogP contribution in [0.25, 0.3) is 10.9 Å². The molecule has 1 N–H and O–H groups in total. The van der Waals surface area contributed by atoms with Crippen LogP contribution in [-0.4, -0.2) is 52.9 Å². The zero-order valence-electron chi connectivity index (χ0n) is 18.5. The van der Waals surface area contributed by atoms with Gasteiger partial charge in [-0.05, 0) is 74.8 Å². The Hall–Kier alpha value is -2.59. The smallest absolute Gasteiger partial charge is 0.270 e. The van der Waals surface area contributed by atoms with Crippen molar-refractivity contribution in [1.29, 1.82) is 0 Å². The number of amides is 1. The number of nitrogens with one attached hydrogen (secondary N) is 1. The Morgan fingerprint density at radius 2 is 1.90 bits per heavy atom. The Bertz CT molecular complexity index is 1020. The number of carbonyl (C=O) groups excluding carboxylic acids is 1. The van der Waals surface area contributed by atoms with Gasteiger partial charge in [0.25, 0.3) is 5.91 Å². The number of likely N-dealkylation sites (tertiary alicyclic amines) is 1. The molecule has 4 heteroatoms. The number of fused-ring (bicyclic) bond motifs is 2. The van der Waals surface area contributed by atoms with E-state index in [1.807, 2.05) is 29.2 Å². The lowest BCUT2D eigenvalue weighted by atomic mass is 9.85. The first-order chi connectivity index (χ1) is 15.2. The van der Waals surface area contributed by atoms with E-state index in [0.717, 1.165) is 30.5 Å². The zero-order valence-corrected chi connectivity index (χ0v) is 18.5. The summed E-state index contributed by atoms with van der Waals surface area (Å²) < 4.78 is 0. The Balaban J connectivity index is 1.24. The van der Waals surface area contributed by atoms with Crippen LogP contribution in [0.5, 0.6) is 0 Å². The van der Waals surface area contributed by atoms with Crippen LogP contribution in [0.4, 0.5) is 0 Å². The first-order valence-corrected chi connectivity index (χ1v) is 11.9. The summed E-state index contributed by atoms with van der Waals surface area (Å²) in [5.41, 5.74) is 4.81. The lowest BCUT2D eigenvalue weighted by Crippen LogP contribution is -2.48. The van der Waals surface area contributed by atoms with E-state index in [1.165, 1.54) is 49.8 Å². The van der Waals surface area contributed by atoms with Gasteiger partial charge in [0.05, 0.1) is 0 Å². The second-order valence-electron chi connectivity index (χ2n) is 9.28. The average molecular weight is 416 g/mol. The summed E-state index contributed by atoms with van der Waals surface area (Å²) in [4.78, 5) is 21.3.